The van der Waals surface area contributed by atoms with Crippen LogP contribution in [0.4, 0.5) is 24.5 Å². The maximum absolute atomic E-state index is 13.4. The first kappa shape index (κ1) is 38.4. The van der Waals surface area contributed by atoms with Crippen LogP contribution in [-0.4, -0.2) is 91.2 Å². The van der Waals surface area contributed by atoms with Gasteiger partial charge >= 0.3 is 6.18 Å². The van der Waals surface area contributed by atoms with Crippen LogP contribution in [0.25, 0.3) is 0 Å². The number of alkyl halides is 3. The molecule has 12 nitrogen and oxygen atoms in total. The number of carbonyl (C=O) groups is 3. The number of benzene rings is 2. The number of piperazine rings is 1. The molecule has 0 radical (unpaired) electrons. The average molecular weight is 747 g/mol. The quantitative estimate of drug-likeness (QED) is 0.126. The van der Waals surface area contributed by atoms with Crippen LogP contribution in [0.15, 0.2) is 65.9 Å². The number of rotatable bonds is 12. The second-order valence-corrected chi connectivity index (χ2v) is 14.0. The van der Waals surface area contributed by atoms with E-state index in [2.05, 4.69) is 32.4 Å². The largest absolute Gasteiger partial charge is 0.494 e. The Morgan fingerprint density at radius 1 is 0.944 bits per heavy atom. The summed E-state index contributed by atoms with van der Waals surface area (Å²) in [4.78, 5) is 42.3. The molecule has 1 N–H and O–H groups in total. The molecule has 3 fully saturated rings. The van der Waals surface area contributed by atoms with E-state index in [9.17, 15) is 27.6 Å². The number of hydrogen-bond acceptors (Lipinski definition) is 9. The summed E-state index contributed by atoms with van der Waals surface area (Å²) in [5.41, 5.74) is 1.95. The number of nitriles is 1. The van der Waals surface area contributed by atoms with Crippen LogP contribution < -0.4 is 25.3 Å². The number of imide groups is 1. The standard InChI is InChI=1S/C39H45F3N8O4/c1-46-16-14-32(25-36(46)45-50(27-51)35-10-11-37(52)44-38(35)53)49-21-19-47(20-22-49)15-2-3-23-54-33-8-5-28(6-9-33)29-12-17-48(18-13-29)31-7-4-30(26-43)34(24-31)39(40,41)42/h4-9,14,16,24-25,27,29,35H,2-3,10-13,15,17-23H2,1H3,(H,44,52,53)/b45-36-. The molecule has 286 valence electrons. The van der Waals surface area contributed by atoms with Crippen LogP contribution in [0.2, 0.25) is 0 Å². The van der Waals surface area contributed by atoms with Crippen LogP contribution in [0, 0.1) is 11.3 Å². The molecule has 0 aliphatic carbocycles. The van der Waals surface area contributed by atoms with E-state index < -0.39 is 23.7 Å². The van der Waals surface area contributed by atoms with E-state index in [-0.39, 0.29) is 24.3 Å². The molecule has 1 aromatic heterocycles. The highest BCUT2D eigenvalue weighted by Crippen LogP contribution is 2.36. The SMILES string of the molecule is Cn1ccc(N2CCN(CCCCOc3ccc(C4CCN(c5ccc(C#N)c(C(F)(F)F)c5)CC4)cc3)CC2)c/c1=N/N(C=O)C1CCC(=O)NC1=O. The van der Waals surface area contributed by atoms with Crippen molar-refractivity contribution in [3.8, 4) is 11.8 Å². The lowest BCUT2D eigenvalue weighted by Gasteiger charge is -2.36. The molecule has 3 saturated heterocycles. The summed E-state index contributed by atoms with van der Waals surface area (Å²) in [6.45, 7) is 6.37. The first-order valence-corrected chi connectivity index (χ1v) is 18.4. The van der Waals surface area contributed by atoms with E-state index in [1.54, 1.807) is 16.7 Å². The van der Waals surface area contributed by atoms with Gasteiger partial charge in [0.25, 0.3) is 5.91 Å². The number of anilines is 2. The lowest BCUT2D eigenvalue weighted by Crippen LogP contribution is -2.51. The minimum atomic E-state index is -4.57. The van der Waals surface area contributed by atoms with Gasteiger partial charge in [-0.3, -0.25) is 24.6 Å². The van der Waals surface area contributed by atoms with Gasteiger partial charge in [-0.05, 0) is 86.5 Å². The van der Waals surface area contributed by atoms with Crippen LogP contribution in [0.1, 0.15) is 61.1 Å². The molecule has 4 heterocycles. The molecule has 0 spiro atoms. The molecular formula is C39H45F3N8O4. The van der Waals surface area contributed by atoms with Crippen molar-refractivity contribution in [2.45, 2.75) is 56.7 Å². The molecule has 3 aliphatic heterocycles. The Morgan fingerprint density at radius 3 is 2.31 bits per heavy atom. The van der Waals surface area contributed by atoms with Crippen molar-refractivity contribution in [1.29, 1.82) is 5.26 Å². The molecule has 0 bridgehead atoms. The average Bonchev–Trinajstić information content (AvgIpc) is 3.18. The maximum atomic E-state index is 13.4. The molecule has 6 rings (SSSR count). The molecule has 3 aromatic rings. The number of aryl methyl sites for hydroxylation is 1. The number of pyridine rings is 1. The van der Waals surface area contributed by atoms with E-state index in [4.69, 9.17) is 10.00 Å². The van der Waals surface area contributed by atoms with Gasteiger partial charge in [0.2, 0.25) is 12.3 Å². The van der Waals surface area contributed by atoms with Crippen molar-refractivity contribution in [1.82, 2.24) is 19.8 Å². The molecule has 1 atom stereocenters. The lowest BCUT2D eigenvalue weighted by atomic mass is 9.89. The number of carbonyl (C=O) groups excluding carboxylic acids is 3. The summed E-state index contributed by atoms with van der Waals surface area (Å²) in [7, 11) is 1.82. The van der Waals surface area contributed by atoms with E-state index in [1.165, 1.54) is 11.6 Å². The summed E-state index contributed by atoms with van der Waals surface area (Å²) in [6, 6.07) is 16.8. The van der Waals surface area contributed by atoms with Crippen molar-refractivity contribution in [2.75, 3.05) is 62.2 Å². The molecule has 0 saturated carbocycles. The van der Waals surface area contributed by atoms with Crippen molar-refractivity contribution in [2.24, 2.45) is 12.1 Å². The number of piperidine rings is 2. The second-order valence-electron chi connectivity index (χ2n) is 14.0. The second kappa shape index (κ2) is 17.2. The molecular weight excluding hydrogens is 701 g/mol. The van der Waals surface area contributed by atoms with Gasteiger partial charge < -0.3 is 19.1 Å². The van der Waals surface area contributed by atoms with Crippen LogP contribution in [0.5, 0.6) is 5.75 Å². The third-order valence-electron chi connectivity index (χ3n) is 10.5. The number of halogens is 3. The fourth-order valence-corrected chi connectivity index (χ4v) is 7.29. The maximum Gasteiger partial charge on any atom is 0.417 e. The smallest absolute Gasteiger partial charge is 0.417 e. The topological polar surface area (TPSA) is 127 Å². The minimum Gasteiger partial charge on any atom is -0.494 e. The van der Waals surface area contributed by atoms with Crippen molar-refractivity contribution >= 4 is 29.6 Å². The van der Waals surface area contributed by atoms with Crippen molar-refractivity contribution in [3.63, 3.8) is 0 Å². The molecule has 3 aliphatic rings. The highest BCUT2D eigenvalue weighted by molar-refractivity contribution is 6.00. The predicted octanol–water partition coefficient (Wildman–Crippen LogP) is 4.36. The number of nitrogens with zero attached hydrogens (tertiary/aromatic N) is 7. The van der Waals surface area contributed by atoms with Gasteiger partial charge in [-0.15, -0.1) is 0 Å². The third kappa shape index (κ3) is 9.40. The van der Waals surface area contributed by atoms with Gasteiger partial charge in [0.1, 0.15) is 11.8 Å². The van der Waals surface area contributed by atoms with E-state index in [1.807, 2.05) is 42.4 Å². The minimum absolute atomic E-state index is 0.158. The number of nitrogens with one attached hydrogen (secondary N) is 1. The monoisotopic (exact) mass is 746 g/mol. The summed E-state index contributed by atoms with van der Waals surface area (Å²) in [5, 5.41) is 16.9. The summed E-state index contributed by atoms with van der Waals surface area (Å²) in [6.07, 6.45) is 1.79. The summed E-state index contributed by atoms with van der Waals surface area (Å²) < 4.78 is 48.2. The zero-order valence-electron chi connectivity index (χ0n) is 30.3. The fourth-order valence-electron chi connectivity index (χ4n) is 7.29. The summed E-state index contributed by atoms with van der Waals surface area (Å²) in [5.74, 6) is 0.261. The van der Waals surface area contributed by atoms with Crippen LogP contribution >= 0.6 is 0 Å². The van der Waals surface area contributed by atoms with Gasteiger partial charge in [0, 0.05) is 76.4 Å². The van der Waals surface area contributed by atoms with Gasteiger partial charge in [0.15, 0.2) is 5.49 Å². The number of ether oxygens (including phenoxy) is 1. The highest BCUT2D eigenvalue weighted by Gasteiger charge is 2.35. The molecule has 2 aromatic carbocycles. The highest BCUT2D eigenvalue weighted by atomic mass is 19.4. The van der Waals surface area contributed by atoms with Crippen molar-refractivity contribution < 1.29 is 32.3 Å². The molecule has 15 heteroatoms. The molecule has 54 heavy (non-hydrogen) atoms. The fraction of sp³-hybridized carbons (Fsp3) is 0.462. The Balaban J connectivity index is 0.902. The van der Waals surface area contributed by atoms with Crippen LogP contribution in [0.3, 0.4) is 0 Å². The Kier molecular flexibility index (Phi) is 12.2. The first-order chi connectivity index (χ1) is 26.0. The van der Waals surface area contributed by atoms with E-state index >= 15 is 0 Å². The van der Waals surface area contributed by atoms with Gasteiger partial charge in [0.05, 0.1) is 23.8 Å². The van der Waals surface area contributed by atoms with Gasteiger partial charge in [-0.25, -0.2) is 5.01 Å². The Hall–Kier alpha value is -5.36. The number of unbranched alkanes of at least 4 members (excludes halogenated alkanes) is 1. The van der Waals surface area contributed by atoms with Crippen LogP contribution in [-0.2, 0) is 27.6 Å². The number of aromatic nitrogens is 1. The normalized spacial score (nSPS) is 19.0. The van der Waals surface area contributed by atoms with Crippen molar-refractivity contribution in [3.05, 3.63) is 83.0 Å². The van der Waals surface area contributed by atoms with Gasteiger partial charge in [-0.2, -0.15) is 23.5 Å². The third-order valence-corrected chi connectivity index (χ3v) is 10.5. The molecule has 3 amide bonds. The van der Waals surface area contributed by atoms with Gasteiger partial charge in [-0.1, -0.05) is 12.1 Å². The van der Waals surface area contributed by atoms with E-state index in [0.717, 1.165) is 80.9 Å². The predicted molar refractivity (Wildman–Crippen MR) is 195 cm³/mol. The van der Waals surface area contributed by atoms with E-state index in [0.29, 0.717) is 43.2 Å². The number of amides is 3. The Morgan fingerprint density at radius 2 is 1.65 bits per heavy atom. The zero-order chi connectivity index (χ0) is 38.2. The lowest BCUT2D eigenvalue weighted by molar-refractivity contribution is -0.141. The molecule has 1 unspecified atom stereocenters. The Bertz CT molecular complexity index is 1910. The Labute approximate surface area is 312 Å². The zero-order valence-corrected chi connectivity index (χ0v) is 30.3. The summed E-state index contributed by atoms with van der Waals surface area (Å²) >= 11 is 0. The number of hydrogen-bond donors (Lipinski definition) is 1. The first-order valence-electron chi connectivity index (χ1n) is 18.4.